The van der Waals surface area contributed by atoms with Crippen LogP contribution in [0, 0.1) is 3.57 Å². The van der Waals surface area contributed by atoms with Gasteiger partial charge in [0.1, 0.15) is 6.33 Å². The van der Waals surface area contributed by atoms with E-state index >= 15 is 0 Å². The molecular formula is C18H20IN7O4S. The number of ether oxygens (including phenoxy) is 2. The summed E-state index contributed by atoms with van der Waals surface area (Å²) in [5.74, 6) is 1.37. The number of anilines is 1. The van der Waals surface area contributed by atoms with E-state index in [4.69, 9.17) is 20.4 Å². The summed E-state index contributed by atoms with van der Waals surface area (Å²) in [6.07, 6.45) is 2.30. The Kier molecular flexibility index (Phi) is 6.94. The molecule has 3 heterocycles. The van der Waals surface area contributed by atoms with E-state index in [-0.39, 0.29) is 13.2 Å². The summed E-state index contributed by atoms with van der Waals surface area (Å²) in [4.78, 5) is 25.2. The predicted molar refractivity (Wildman–Crippen MR) is 121 cm³/mol. The number of benzene rings is 1. The molecule has 1 aromatic carbocycles. The first-order chi connectivity index (χ1) is 15.1. The fraction of sp³-hybridized carbons (Fsp3) is 0.333. The molecule has 4 rings (SSSR count). The Morgan fingerprint density at radius 2 is 2.10 bits per heavy atom. The lowest BCUT2D eigenvalue weighted by Crippen LogP contribution is -2.24. The molecule has 164 valence electrons. The number of rotatable bonds is 9. The second kappa shape index (κ2) is 9.84. The average molecular weight is 557 g/mol. The Morgan fingerprint density at radius 3 is 2.90 bits per heavy atom. The molecule has 1 aliphatic heterocycles. The highest BCUT2D eigenvalue weighted by atomic mass is 127. The van der Waals surface area contributed by atoms with Gasteiger partial charge in [-0.25, -0.2) is 20.4 Å². The average Bonchev–Trinajstić information content (AvgIpc) is 3.35. The molecule has 0 unspecified atom stereocenters. The van der Waals surface area contributed by atoms with Gasteiger partial charge in [0, 0.05) is 28.0 Å². The number of halogens is 1. The molecule has 31 heavy (non-hydrogen) atoms. The third kappa shape index (κ3) is 4.94. The summed E-state index contributed by atoms with van der Waals surface area (Å²) < 4.78 is 14.0. The second-order valence-electron chi connectivity index (χ2n) is 6.60. The van der Waals surface area contributed by atoms with Crippen molar-refractivity contribution in [3.63, 3.8) is 0 Å². The molecule has 5 N–H and O–H groups in total. The van der Waals surface area contributed by atoms with E-state index in [2.05, 4.69) is 42.9 Å². The monoisotopic (exact) mass is 557 g/mol. The van der Waals surface area contributed by atoms with E-state index < -0.39 is 5.91 Å². The number of fused-ring (bicyclic) bond motifs is 2. The van der Waals surface area contributed by atoms with Gasteiger partial charge >= 0.3 is 0 Å². The zero-order valence-corrected chi connectivity index (χ0v) is 19.3. The van der Waals surface area contributed by atoms with Crippen LogP contribution in [0.2, 0.25) is 0 Å². The molecular weight excluding hydrogens is 537 g/mol. The first-order valence-electron chi connectivity index (χ1n) is 9.44. The highest BCUT2D eigenvalue weighted by molar-refractivity contribution is 14.1. The van der Waals surface area contributed by atoms with Crippen molar-refractivity contribution in [1.82, 2.24) is 30.3 Å². The van der Waals surface area contributed by atoms with Crippen molar-refractivity contribution in [3.05, 3.63) is 22.0 Å². The van der Waals surface area contributed by atoms with Crippen molar-refractivity contribution in [2.24, 2.45) is 0 Å². The fourth-order valence-electron chi connectivity index (χ4n) is 3.03. The van der Waals surface area contributed by atoms with Crippen molar-refractivity contribution < 1.29 is 19.5 Å². The van der Waals surface area contributed by atoms with Crippen LogP contribution < -0.4 is 26.0 Å². The van der Waals surface area contributed by atoms with E-state index in [1.807, 2.05) is 16.7 Å². The SMILES string of the molecule is Nc1ncnc2c1nc(Sc1cc3c(cc1I)OCO3)n2CCNCCCC(=O)NO. The highest BCUT2D eigenvalue weighted by Crippen LogP contribution is 2.41. The summed E-state index contributed by atoms with van der Waals surface area (Å²) >= 11 is 3.75. The summed E-state index contributed by atoms with van der Waals surface area (Å²) in [6, 6.07) is 3.88. The number of imidazole rings is 1. The summed E-state index contributed by atoms with van der Waals surface area (Å²) in [5.41, 5.74) is 8.87. The minimum Gasteiger partial charge on any atom is -0.454 e. The van der Waals surface area contributed by atoms with E-state index in [1.165, 1.54) is 18.1 Å². The Balaban J connectivity index is 1.52. The number of carbonyl (C=O) groups excluding carboxylic acids is 1. The van der Waals surface area contributed by atoms with Gasteiger partial charge in [-0.1, -0.05) is 11.8 Å². The zero-order valence-electron chi connectivity index (χ0n) is 16.3. The van der Waals surface area contributed by atoms with Crippen molar-refractivity contribution in [2.45, 2.75) is 29.4 Å². The molecule has 11 nitrogen and oxygen atoms in total. The number of nitrogen functional groups attached to an aromatic ring is 1. The van der Waals surface area contributed by atoms with Gasteiger partial charge in [-0.3, -0.25) is 10.0 Å². The predicted octanol–water partition coefficient (Wildman–Crippen LogP) is 1.77. The van der Waals surface area contributed by atoms with Crippen LogP contribution in [-0.2, 0) is 11.3 Å². The number of hydrogen-bond donors (Lipinski definition) is 4. The van der Waals surface area contributed by atoms with Crippen LogP contribution in [0.1, 0.15) is 12.8 Å². The van der Waals surface area contributed by atoms with Gasteiger partial charge in [0.05, 0.1) is 0 Å². The minimum atomic E-state index is -0.397. The molecule has 0 fully saturated rings. The van der Waals surface area contributed by atoms with Crippen molar-refractivity contribution >= 4 is 57.2 Å². The quantitative estimate of drug-likeness (QED) is 0.133. The number of hydroxylamine groups is 1. The molecule has 13 heteroatoms. The molecule has 3 aromatic rings. The first-order valence-corrected chi connectivity index (χ1v) is 11.3. The van der Waals surface area contributed by atoms with Gasteiger partial charge in [-0.15, -0.1) is 0 Å². The van der Waals surface area contributed by atoms with Crippen LogP contribution in [0.15, 0.2) is 28.5 Å². The lowest BCUT2D eigenvalue weighted by molar-refractivity contribution is -0.129. The number of amides is 1. The maximum Gasteiger partial charge on any atom is 0.243 e. The van der Waals surface area contributed by atoms with E-state index in [1.54, 1.807) is 5.48 Å². The standard InChI is InChI=1S/C18H20IN7O4S/c19-10-6-11-12(30-9-29-11)7-13(10)31-18-24-15-16(20)22-8-23-17(15)26(18)5-4-21-3-1-2-14(27)25-28/h6-8,21,28H,1-5,9H2,(H,25,27)(H2,20,22,23). The molecule has 1 amide bonds. The molecule has 0 bridgehead atoms. The van der Waals surface area contributed by atoms with E-state index in [0.717, 1.165) is 19.4 Å². The van der Waals surface area contributed by atoms with Crippen molar-refractivity contribution in [3.8, 4) is 11.5 Å². The van der Waals surface area contributed by atoms with Crippen LogP contribution in [0.5, 0.6) is 11.5 Å². The lowest BCUT2D eigenvalue weighted by Gasteiger charge is -2.10. The van der Waals surface area contributed by atoms with Crippen LogP contribution in [0.3, 0.4) is 0 Å². The Labute approximate surface area is 195 Å². The van der Waals surface area contributed by atoms with Crippen LogP contribution >= 0.6 is 34.4 Å². The highest BCUT2D eigenvalue weighted by Gasteiger charge is 2.20. The molecule has 0 radical (unpaired) electrons. The maximum absolute atomic E-state index is 11.1. The summed E-state index contributed by atoms with van der Waals surface area (Å²) in [7, 11) is 0. The van der Waals surface area contributed by atoms with Gasteiger partial charge in [-0.2, -0.15) is 0 Å². The van der Waals surface area contributed by atoms with E-state index in [9.17, 15) is 4.79 Å². The fourth-order valence-corrected chi connectivity index (χ4v) is 4.75. The number of nitrogens with two attached hydrogens (primary N) is 1. The van der Waals surface area contributed by atoms with Gasteiger partial charge in [0.25, 0.3) is 0 Å². The van der Waals surface area contributed by atoms with Gasteiger partial charge in [-0.05, 0) is 47.7 Å². The lowest BCUT2D eigenvalue weighted by atomic mass is 10.3. The Morgan fingerprint density at radius 1 is 1.29 bits per heavy atom. The second-order valence-corrected chi connectivity index (χ2v) is 8.77. The van der Waals surface area contributed by atoms with Crippen LogP contribution in [0.25, 0.3) is 11.2 Å². The van der Waals surface area contributed by atoms with Gasteiger partial charge in [0.2, 0.25) is 12.7 Å². The smallest absolute Gasteiger partial charge is 0.243 e. The van der Waals surface area contributed by atoms with Crippen LogP contribution in [-0.4, -0.2) is 50.5 Å². The topological polar surface area (TPSA) is 149 Å². The number of nitrogens with one attached hydrogen (secondary N) is 2. The largest absolute Gasteiger partial charge is 0.454 e. The molecule has 0 aliphatic carbocycles. The normalized spacial score (nSPS) is 12.5. The van der Waals surface area contributed by atoms with Crippen LogP contribution in [0.4, 0.5) is 5.82 Å². The Bertz CT molecular complexity index is 1110. The van der Waals surface area contributed by atoms with Crippen molar-refractivity contribution in [1.29, 1.82) is 0 Å². The Hall–Kier alpha value is -2.36. The third-order valence-electron chi connectivity index (χ3n) is 4.55. The number of hydrogen-bond acceptors (Lipinski definition) is 10. The summed E-state index contributed by atoms with van der Waals surface area (Å²) in [5, 5.41) is 12.6. The molecule has 2 aromatic heterocycles. The van der Waals surface area contributed by atoms with Crippen molar-refractivity contribution in [2.75, 3.05) is 25.6 Å². The molecule has 1 aliphatic rings. The molecule has 0 saturated carbocycles. The zero-order chi connectivity index (χ0) is 21.8. The third-order valence-corrected chi connectivity index (χ3v) is 6.86. The van der Waals surface area contributed by atoms with E-state index in [0.29, 0.717) is 48.8 Å². The van der Waals surface area contributed by atoms with Gasteiger partial charge in [0.15, 0.2) is 33.6 Å². The first kappa shape index (κ1) is 21.9. The molecule has 0 atom stereocenters. The maximum atomic E-state index is 11.1. The summed E-state index contributed by atoms with van der Waals surface area (Å²) in [6.45, 7) is 2.10. The minimum absolute atomic E-state index is 0.218. The molecule has 0 spiro atoms. The number of aromatic nitrogens is 4. The number of nitrogens with zero attached hydrogens (tertiary/aromatic N) is 4. The molecule has 0 saturated heterocycles. The van der Waals surface area contributed by atoms with Gasteiger partial charge < -0.3 is 25.1 Å². The number of carbonyl (C=O) groups is 1.